The SMILES string of the molecule is CCOC(=O)CCCNC(=O)c1cncc(F)c1. The van der Waals surface area contributed by atoms with Crippen LogP contribution >= 0.6 is 0 Å². The number of aromatic nitrogens is 1. The maximum Gasteiger partial charge on any atom is 0.305 e. The Balaban J connectivity index is 2.27. The van der Waals surface area contributed by atoms with Crippen LogP contribution in [-0.4, -0.2) is 30.0 Å². The Morgan fingerprint density at radius 1 is 1.44 bits per heavy atom. The van der Waals surface area contributed by atoms with E-state index in [9.17, 15) is 14.0 Å². The minimum absolute atomic E-state index is 0.158. The van der Waals surface area contributed by atoms with Crippen molar-refractivity contribution in [3.05, 3.63) is 29.8 Å². The van der Waals surface area contributed by atoms with E-state index in [0.717, 1.165) is 12.3 Å². The zero-order chi connectivity index (χ0) is 13.4. The molecule has 0 aliphatic carbocycles. The predicted molar refractivity (Wildman–Crippen MR) is 62.4 cm³/mol. The van der Waals surface area contributed by atoms with Gasteiger partial charge in [-0.15, -0.1) is 0 Å². The van der Waals surface area contributed by atoms with Crippen LogP contribution in [0, 0.1) is 5.82 Å². The van der Waals surface area contributed by atoms with Crippen LogP contribution in [0.1, 0.15) is 30.1 Å². The largest absolute Gasteiger partial charge is 0.466 e. The highest BCUT2D eigenvalue weighted by Gasteiger charge is 2.07. The lowest BCUT2D eigenvalue weighted by Gasteiger charge is -2.05. The Hall–Kier alpha value is -1.98. The number of hydrogen-bond acceptors (Lipinski definition) is 4. The van der Waals surface area contributed by atoms with E-state index in [1.807, 2.05) is 0 Å². The molecular weight excluding hydrogens is 239 g/mol. The smallest absolute Gasteiger partial charge is 0.305 e. The van der Waals surface area contributed by atoms with Gasteiger partial charge in [0.1, 0.15) is 5.82 Å². The number of esters is 1. The molecule has 1 rings (SSSR count). The van der Waals surface area contributed by atoms with Gasteiger partial charge in [-0.05, 0) is 19.4 Å². The van der Waals surface area contributed by atoms with Crippen LogP contribution in [0.15, 0.2) is 18.5 Å². The molecule has 1 heterocycles. The molecule has 0 saturated carbocycles. The average Bonchev–Trinajstić information content (AvgIpc) is 2.35. The number of nitrogens with one attached hydrogen (secondary N) is 1. The minimum Gasteiger partial charge on any atom is -0.466 e. The second-order valence-corrected chi connectivity index (χ2v) is 3.56. The summed E-state index contributed by atoms with van der Waals surface area (Å²) in [6.45, 7) is 2.41. The van der Waals surface area contributed by atoms with Crippen molar-refractivity contribution in [1.29, 1.82) is 0 Å². The summed E-state index contributed by atoms with van der Waals surface area (Å²) in [5, 5.41) is 2.57. The molecule has 0 fully saturated rings. The number of ether oxygens (including phenoxy) is 1. The van der Waals surface area contributed by atoms with Crippen molar-refractivity contribution in [1.82, 2.24) is 10.3 Å². The van der Waals surface area contributed by atoms with Gasteiger partial charge in [-0.25, -0.2) is 4.39 Å². The van der Waals surface area contributed by atoms with E-state index < -0.39 is 11.7 Å². The Morgan fingerprint density at radius 2 is 2.22 bits per heavy atom. The van der Waals surface area contributed by atoms with Crippen molar-refractivity contribution < 1.29 is 18.7 Å². The molecular formula is C12H15FN2O3. The number of hydrogen-bond donors (Lipinski definition) is 1. The van der Waals surface area contributed by atoms with Crippen LogP contribution in [0.25, 0.3) is 0 Å². The molecule has 1 aromatic rings. The van der Waals surface area contributed by atoms with Gasteiger partial charge >= 0.3 is 5.97 Å². The fourth-order valence-electron chi connectivity index (χ4n) is 1.31. The van der Waals surface area contributed by atoms with Crippen LogP contribution in [-0.2, 0) is 9.53 Å². The number of amides is 1. The number of carbonyl (C=O) groups excluding carboxylic acids is 2. The second-order valence-electron chi connectivity index (χ2n) is 3.56. The average molecular weight is 254 g/mol. The molecule has 0 radical (unpaired) electrons. The monoisotopic (exact) mass is 254 g/mol. The van der Waals surface area contributed by atoms with Crippen molar-refractivity contribution in [2.45, 2.75) is 19.8 Å². The van der Waals surface area contributed by atoms with Gasteiger partial charge in [0.25, 0.3) is 5.91 Å². The third-order valence-electron chi connectivity index (χ3n) is 2.12. The first-order valence-corrected chi connectivity index (χ1v) is 5.68. The van der Waals surface area contributed by atoms with E-state index in [0.29, 0.717) is 19.6 Å². The number of halogens is 1. The predicted octanol–water partition coefficient (Wildman–Crippen LogP) is 1.29. The molecule has 0 bridgehead atoms. The fraction of sp³-hybridized carbons (Fsp3) is 0.417. The van der Waals surface area contributed by atoms with Crippen molar-refractivity contribution in [2.75, 3.05) is 13.2 Å². The third kappa shape index (κ3) is 4.90. The van der Waals surface area contributed by atoms with Crippen LogP contribution in [0.2, 0.25) is 0 Å². The van der Waals surface area contributed by atoms with E-state index in [1.165, 1.54) is 6.20 Å². The van der Waals surface area contributed by atoms with Crippen LogP contribution in [0.5, 0.6) is 0 Å². The Kier molecular flexibility index (Phi) is 5.76. The van der Waals surface area contributed by atoms with Crippen LogP contribution in [0.3, 0.4) is 0 Å². The quantitative estimate of drug-likeness (QED) is 0.613. The number of rotatable bonds is 6. The van der Waals surface area contributed by atoms with Gasteiger partial charge in [0.2, 0.25) is 0 Å². The lowest BCUT2D eigenvalue weighted by molar-refractivity contribution is -0.143. The molecule has 0 spiro atoms. The normalized spacial score (nSPS) is 9.89. The summed E-state index contributed by atoms with van der Waals surface area (Å²) in [4.78, 5) is 26.1. The summed E-state index contributed by atoms with van der Waals surface area (Å²) < 4.78 is 17.5. The molecule has 18 heavy (non-hydrogen) atoms. The molecule has 1 aromatic heterocycles. The molecule has 98 valence electrons. The van der Waals surface area contributed by atoms with Crippen molar-refractivity contribution in [3.63, 3.8) is 0 Å². The summed E-state index contributed by atoms with van der Waals surface area (Å²) in [6.07, 6.45) is 3.03. The maximum absolute atomic E-state index is 12.8. The zero-order valence-electron chi connectivity index (χ0n) is 10.1. The number of pyridine rings is 1. The molecule has 6 heteroatoms. The van der Waals surface area contributed by atoms with E-state index in [4.69, 9.17) is 4.74 Å². The van der Waals surface area contributed by atoms with E-state index in [2.05, 4.69) is 10.3 Å². The molecule has 0 aliphatic rings. The summed E-state index contributed by atoms with van der Waals surface area (Å²) in [5.74, 6) is -1.26. The van der Waals surface area contributed by atoms with Gasteiger partial charge in [0, 0.05) is 19.2 Å². The lowest BCUT2D eigenvalue weighted by Crippen LogP contribution is -2.25. The molecule has 1 N–H and O–H groups in total. The molecule has 0 aliphatic heterocycles. The summed E-state index contributed by atoms with van der Waals surface area (Å²) in [6, 6.07) is 1.10. The minimum atomic E-state index is -0.561. The fourth-order valence-corrected chi connectivity index (χ4v) is 1.31. The summed E-state index contributed by atoms with van der Waals surface area (Å²) in [5.41, 5.74) is 0.158. The number of carbonyl (C=O) groups is 2. The molecule has 0 unspecified atom stereocenters. The van der Waals surface area contributed by atoms with E-state index >= 15 is 0 Å². The van der Waals surface area contributed by atoms with Crippen LogP contribution in [0.4, 0.5) is 4.39 Å². The van der Waals surface area contributed by atoms with Gasteiger partial charge in [0.05, 0.1) is 18.4 Å². The van der Waals surface area contributed by atoms with Crippen molar-refractivity contribution in [3.8, 4) is 0 Å². The Morgan fingerprint density at radius 3 is 2.89 bits per heavy atom. The Labute approximate surface area is 104 Å². The summed E-state index contributed by atoms with van der Waals surface area (Å²) >= 11 is 0. The molecule has 0 saturated heterocycles. The lowest BCUT2D eigenvalue weighted by atomic mass is 10.2. The molecule has 5 nitrogen and oxygen atoms in total. The van der Waals surface area contributed by atoms with Gasteiger partial charge in [-0.1, -0.05) is 0 Å². The maximum atomic E-state index is 12.8. The highest BCUT2D eigenvalue weighted by atomic mass is 19.1. The second kappa shape index (κ2) is 7.37. The summed E-state index contributed by atoms with van der Waals surface area (Å²) in [7, 11) is 0. The van der Waals surface area contributed by atoms with E-state index in [-0.39, 0.29) is 18.0 Å². The first-order valence-electron chi connectivity index (χ1n) is 5.68. The van der Waals surface area contributed by atoms with Crippen molar-refractivity contribution in [2.24, 2.45) is 0 Å². The topological polar surface area (TPSA) is 68.3 Å². The molecule has 0 aromatic carbocycles. The number of nitrogens with zero attached hydrogens (tertiary/aromatic N) is 1. The highest BCUT2D eigenvalue weighted by molar-refractivity contribution is 5.93. The van der Waals surface area contributed by atoms with Gasteiger partial charge in [-0.3, -0.25) is 14.6 Å². The third-order valence-corrected chi connectivity index (χ3v) is 2.12. The highest BCUT2D eigenvalue weighted by Crippen LogP contribution is 2.00. The first kappa shape index (κ1) is 14.1. The van der Waals surface area contributed by atoms with Crippen molar-refractivity contribution >= 4 is 11.9 Å². The zero-order valence-corrected chi connectivity index (χ0v) is 10.1. The van der Waals surface area contributed by atoms with Gasteiger partial charge in [0.15, 0.2) is 0 Å². The molecule has 1 amide bonds. The Bertz CT molecular complexity index is 424. The van der Waals surface area contributed by atoms with E-state index in [1.54, 1.807) is 6.92 Å². The van der Waals surface area contributed by atoms with Gasteiger partial charge in [-0.2, -0.15) is 0 Å². The molecule has 0 atom stereocenters. The van der Waals surface area contributed by atoms with Crippen LogP contribution < -0.4 is 5.32 Å². The first-order chi connectivity index (χ1) is 8.63. The standard InChI is InChI=1S/C12H15FN2O3/c1-2-18-11(16)4-3-5-15-12(17)9-6-10(13)8-14-7-9/h6-8H,2-5H2,1H3,(H,15,17). The van der Waals surface area contributed by atoms with Gasteiger partial charge < -0.3 is 10.1 Å².